The average Bonchev–Trinajstić information content (AvgIpc) is 2.52. The van der Waals surface area contributed by atoms with Crippen LogP contribution in [0.5, 0.6) is 0 Å². The largest absolute Gasteiger partial charge is 0.396 e. The fourth-order valence-electron chi connectivity index (χ4n) is 1.88. The van der Waals surface area contributed by atoms with Gasteiger partial charge in [0.25, 0.3) is 11.6 Å². The molecule has 0 aliphatic carbocycles. The molecule has 0 saturated heterocycles. The number of hydrogen-bond donors (Lipinski definition) is 2. The van der Waals surface area contributed by atoms with Crippen molar-refractivity contribution < 1.29 is 23.6 Å². The minimum Gasteiger partial charge on any atom is -0.396 e. The summed E-state index contributed by atoms with van der Waals surface area (Å²) in [6, 6.07) is 6.39. The lowest BCUT2D eigenvalue weighted by Gasteiger charge is -2.08. The van der Waals surface area contributed by atoms with Gasteiger partial charge in [-0.2, -0.15) is 0 Å². The molecule has 0 heterocycles. The number of amides is 1. The number of nitrogens with zero attached hydrogens (tertiary/aromatic N) is 1. The van der Waals surface area contributed by atoms with E-state index in [1.54, 1.807) is 0 Å². The van der Waals surface area contributed by atoms with Gasteiger partial charge in [-0.05, 0) is 18.2 Å². The van der Waals surface area contributed by atoms with Gasteiger partial charge in [0.2, 0.25) is 0 Å². The molecule has 0 radical (unpaired) electrons. The molecule has 0 aliphatic rings. The van der Waals surface area contributed by atoms with E-state index < -0.39 is 22.5 Å². The fraction of sp³-hybridized carbons (Fsp3) is 0.133. The number of nitro benzene ring substituents is 1. The second kappa shape index (κ2) is 7.84. The van der Waals surface area contributed by atoms with Crippen LogP contribution in [0.25, 0.3) is 0 Å². The summed E-state index contributed by atoms with van der Waals surface area (Å²) in [6.07, 6.45) is 0. The van der Waals surface area contributed by atoms with Crippen LogP contribution in [-0.2, 0) is 0 Å². The van der Waals surface area contributed by atoms with E-state index in [0.29, 0.717) is 16.7 Å². The molecule has 6 nitrogen and oxygen atoms in total. The monoisotopic (exact) mass is 354 g/mol. The van der Waals surface area contributed by atoms with Gasteiger partial charge in [0.15, 0.2) is 0 Å². The average molecular weight is 354 g/mol. The van der Waals surface area contributed by atoms with Crippen molar-refractivity contribution >= 4 is 29.0 Å². The van der Waals surface area contributed by atoms with Gasteiger partial charge >= 0.3 is 0 Å². The second-order valence-electron chi connectivity index (χ2n) is 4.62. The Kier molecular flexibility index (Phi) is 5.83. The topological polar surface area (TPSA) is 92.5 Å². The highest BCUT2D eigenvalue weighted by atomic mass is 32.2. The van der Waals surface area contributed by atoms with Gasteiger partial charge < -0.3 is 10.4 Å². The second-order valence-corrected chi connectivity index (χ2v) is 5.79. The van der Waals surface area contributed by atoms with E-state index in [-0.39, 0.29) is 23.5 Å². The van der Waals surface area contributed by atoms with Crippen molar-refractivity contribution in [1.29, 1.82) is 0 Å². The van der Waals surface area contributed by atoms with Gasteiger partial charge in [0, 0.05) is 34.5 Å². The Bertz CT molecular complexity index is 786. The predicted molar refractivity (Wildman–Crippen MR) is 85.2 cm³/mol. The molecular weight excluding hydrogens is 342 g/mol. The van der Waals surface area contributed by atoms with E-state index in [1.165, 1.54) is 12.1 Å². The number of aliphatic hydroxyl groups is 1. The quantitative estimate of drug-likeness (QED) is 0.472. The van der Waals surface area contributed by atoms with Crippen molar-refractivity contribution in [2.24, 2.45) is 0 Å². The number of thioether (sulfide) groups is 1. The zero-order valence-corrected chi connectivity index (χ0v) is 13.0. The Morgan fingerprint density at radius 3 is 2.62 bits per heavy atom. The lowest BCUT2D eigenvalue weighted by atomic mass is 10.2. The molecule has 2 aromatic rings. The van der Waals surface area contributed by atoms with Gasteiger partial charge in [-0.3, -0.25) is 14.9 Å². The first-order valence-corrected chi connectivity index (χ1v) is 7.69. The van der Waals surface area contributed by atoms with Gasteiger partial charge in [0.05, 0.1) is 17.1 Å². The molecule has 9 heteroatoms. The summed E-state index contributed by atoms with van der Waals surface area (Å²) in [5.41, 5.74) is -0.543. The van der Waals surface area contributed by atoms with E-state index >= 15 is 0 Å². The molecule has 24 heavy (non-hydrogen) atoms. The summed E-state index contributed by atoms with van der Waals surface area (Å²) >= 11 is 1.16. The Hall–Kier alpha value is -2.52. The zero-order chi connectivity index (χ0) is 17.7. The van der Waals surface area contributed by atoms with Crippen LogP contribution < -0.4 is 5.32 Å². The summed E-state index contributed by atoms with van der Waals surface area (Å²) < 4.78 is 26.5. The highest BCUT2D eigenvalue weighted by Crippen LogP contribution is 2.28. The lowest BCUT2D eigenvalue weighted by molar-refractivity contribution is -0.385. The summed E-state index contributed by atoms with van der Waals surface area (Å²) in [5.74, 6) is -2.39. The number of nitrogens with one attached hydrogen (secondary N) is 1. The number of hydrogen-bond acceptors (Lipinski definition) is 5. The molecule has 2 aromatic carbocycles. The van der Waals surface area contributed by atoms with E-state index in [0.717, 1.165) is 30.0 Å². The maximum Gasteiger partial charge on any atom is 0.272 e. The Balaban J connectivity index is 2.28. The van der Waals surface area contributed by atoms with Crippen molar-refractivity contribution in [2.45, 2.75) is 4.90 Å². The number of halogens is 2. The first-order valence-electron chi connectivity index (χ1n) is 6.70. The minimum absolute atomic E-state index is 0.0957. The Morgan fingerprint density at radius 1 is 1.25 bits per heavy atom. The third-order valence-corrected chi connectivity index (χ3v) is 3.85. The van der Waals surface area contributed by atoms with Gasteiger partial charge in [-0.25, -0.2) is 8.78 Å². The molecule has 0 bridgehead atoms. The Labute approximate surface area is 139 Å². The molecule has 0 unspecified atom stereocenters. The molecule has 2 rings (SSSR count). The van der Waals surface area contributed by atoms with Crippen molar-refractivity contribution in [3.05, 3.63) is 63.7 Å². The van der Waals surface area contributed by atoms with Crippen LogP contribution in [-0.4, -0.2) is 28.3 Å². The van der Waals surface area contributed by atoms with E-state index in [9.17, 15) is 23.7 Å². The number of carbonyl (C=O) groups is 1. The van der Waals surface area contributed by atoms with Gasteiger partial charge in [-0.15, -0.1) is 11.8 Å². The van der Waals surface area contributed by atoms with Crippen LogP contribution in [0, 0.1) is 21.7 Å². The van der Waals surface area contributed by atoms with Crippen molar-refractivity contribution in [1.82, 2.24) is 0 Å². The molecule has 0 spiro atoms. The molecule has 0 aliphatic heterocycles. The van der Waals surface area contributed by atoms with Crippen LogP contribution in [0.15, 0.2) is 41.3 Å². The highest BCUT2D eigenvalue weighted by molar-refractivity contribution is 7.99. The molecule has 0 atom stereocenters. The third-order valence-electron chi connectivity index (χ3n) is 2.90. The van der Waals surface area contributed by atoms with Crippen LogP contribution in [0.3, 0.4) is 0 Å². The summed E-state index contributed by atoms with van der Waals surface area (Å²) in [6.45, 7) is -0.115. The minimum atomic E-state index is -1.03. The number of nitro groups is 1. The summed E-state index contributed by atoms with van der Waals surface area (Å²) in [4.78, 5) is 22.9. The zero-order valence-electron chi connectivity index (χ0n) is 12.2. The fourth-order valence-corrected chi connectivity index (χ4v) is 2.62. The van der Waals surface area contributed by atoms with Crippen LogP contribution in [0.4, 0.5) is 20.2 Å². The maximum atomic E-state index is 13.6. The van der Waals surface area contributed by atoms with E-state index in [2.05, 4.69) is 5.32 Å². The van der Waals surface area contributed by atoms with Crippen molar-refractivity contribution in [3.63, 3.8) is 0 Å². The number of rotatable bonds is 6. The maximum absolute atomic E-state index is 13.6. The molecule has 0 aromatic heterocycles. The Morgan fingerprint density at radius 2 is 2.00 bits per heavy atom. The lowest BCUT2D eigenvalue weighted by Crippen LogP contribution is -2.14. The summed E-state index contributed by atoms with van der Waals surface area (Å²) in [5, 5.41) is 22.1. The number of benzene rings is 2. The third kappa shape index (κ3) is 4.49. The standard InChI is InChI=1S/C15H12F2N2O4S/c16-9-1-2-13(14(17)5-9)15(21)18-10-6-11(19(22)23)8-12(7-10)24-4-3-20/h1-2,5-8,20H,3-4H2,(H,18,21). The van der Waals surface area contributed by atoms with Gasteiger partial charge in [-0.1, -0.05) is 0 Å². The molecule has 126 valence electrons. The van der Waals surface area contributed by atoms with Gasteiger partial charge in [0.1, 0.15) is 11.6 Å². The van der Waals surface area contributed by atoms with Crippen LogP contribution in [0.2, 0.25) is 0 Å². The van der Waals surface area contributed by atoms with Crippen LogP contribution >= 0.6 is 11.8 Å². The molecule has 1 amide bonds. The predicted octanol–water partition coefficient (Wildman–Crippen LogP) is 3.21. The molecule has 0 fully saturated rings. The number of anilines is 1. The van der Waals surface area contributed by atoms with E-state index in [1.807, 2.05) is 0 Å². The summed E-state index contributed by atoms with van der Waals surface area (Å²) in [7, 11) is 0. The number of non-ortho nitro benzene ring substituents is 1. The first-order chi connectivity index (χ1) is 11.4. The van der Waals surface area contributed by atoms with Crippen molar-refractivity contribution in [3.8, 4) is 0 Å². The number of carbonyl (C=O) groups excluding carboxylic acids is 1. The smallest absolute Gasteiger partial charge is 0.272 e. The molecule has 0 saturated carbocycles. The SMILES string of the molecule is O=C(Nc1cc(SCCO)cc([N+](=O)[O-])c1)c1ccc(F)cc1F. The molecular formula is C15H12F2N2O4S. The normalized spacial score (nSPS) is 10.5. The molecule has 2 N–H and O–H groups in total. The van der Waals surface area contributed by atoms with Crippen molar-refractivity contribution in [2.75, 3.05) is 17.7 Å². The van der Waals surface area contributed by atoms with Crippen LogP contribution in [0.1, 0.15) is 10.4 Å². The first kappa shape index (κ1) is 17.8. The van der Waals surface area contributed by atoms with E-state index in [4.69, 9.17) is 5.11 Å². The highest BCUT2D eigenvalue weighted by Gasteiger charge is 2.16. The number of aliphatic hydroxyl groups excluding tert-OH is 1.